The first-order valence-corrected chi connectivity index (χ1v) is 8.84. The van der Waals surface area contributed by atoms with Crippen LogP contribution in [-0.2, 0) is 0 Å². The Kier molecular flexibility index (Phi) is 5.84. The Morgan fingerprint density at radius 3 is 2.79 bits per heavy atom. The fourth-order valence-corrected chi connectivity index (χ4v) is 2.70. The number of pyridine rings is 1. The van der Waals surface area contributed by atoms with Gasteiger partial charge in [0.1, 0.15) is 12.9 Å². The molecule has 1 atom stereocenters. The Hall–Kier alpha value is -3.48. The molecule has 3 rings (SSSR count). The molecule has 2 heterocycles. The number of allylic oxidation sites excluding steroid dienone is 1. The highest BCUT2D eigenvalue weighted by Crippen LogP contribution is 2.26. The summed E-state index contributed by atoms with van der Waals surface area (Å²) in [5.41, 5.74) is 3.33. The highest BCUT2D eigenvalue weighted by atomic mass is 19.1. The number of amides is 1. The first kappa shape index (κ1) is 19.3. The average molecular weight is 379 g/mol. The highest BCUT2D eigenvalue weighted by molar-refractivity contribution is 6.04. The van der Waals surface area contributed by atoms with Crippen LogP contribution in [0.3, 0.4) is 0 Å². The molecular formula is C21H22FN5O. The van der Waals surface area contributed by atoms with Crippen molar-refractivity contribution in [3.8, 4) is 0 Å². The van der Waals surface area contributed by atoms with Crippen LogP contribution in [0.15, 0.2) is 61.0 Å². The van der Waals surface area contributed by atoms with Gasteiger partial charge in [-0.1, -0.05) is 18.5 Å². The van der Waals surface area contributed by atoms with E-state index in [1.807, 2.05) is 37.9 Å². The number of rotatable bonds is 7. The second-order valence-electron chi connectivity index (χ2n) is 6.64. The molecule has 2 aromatic rings. The predicted octanol–water partition coefficient (Wildman–Crippen LogP) is 3.85. The van der Waals surface area contributed by atoms with Crippen molar-refractivity contribution in [2.24, 2.45) is 0 Å². The number of nitrogens with one attached hydrogen (secondary N) is 2. The molecule has 1 aliphatic rings. The van der Waals surface area contributed by atoms with Gasteiger partial charge in [0.05, 0.1) is 5.56 Å². The van der Waals surface area contributed by atoms with Crippen molar-refractivity contribution in [3.05, 3.63) is 88.8 Å². The van der Waals surface area contributed by atoms with Crippen LogP contribution in [0, 0.1) is 12.7 Å². The number of hydrogen-bond acceptors (Lipinski definition) is 3. The van der Waals surface area contributed by atoms with Gasteiger partial charge in [-0.15, -0.1) is 0 Å². The van der Waals surface area contributed by atoms with Crippen molar-refractivity contribution >= 4 is 17.8 Å². The summed E-state index contributed by atoms with van der Waals surface area (Å²) in [4.78, 5) is 16.4. The van der Waals surface area contributed by atoms with Crippen LogP contribution in [0.1, 0.15) is 34.5 Å². The van der Waals surface area contributed by atoms with Crippen molar-refractivity contribution < 1.29 is 13.8 Å². The molecule has 1 aromatic heterocycles. The van der Waals surface area contributed by atoms with Crippen LogP contribution in [0.5, 0.6) is 0 Å². The molecule has 0 aliphatic carbocycles. The maximum Gasteiger partial charge on any atom is 0.257 e. The molecule has 1 aliphatic heterocycles. The number of aryl methyl sites for hydroxylation is 1. The van der Waals surface area contributed by atoms with E-state index in [9.17, 15) is 9.18 Å². The largest absolute Gasteiger partial charge is 0.683 e. The summed E-state index contributed by atoms with van der Waals surface area (Å²) < 4.78 is 16.0. The Balaban J connectivity index is 1.62. The molecular weight excluding hydrogens is 357 g/mol. The van der Waals surface area contributed by atoms with E-state index in [1.165, 1.54) is 18.3 Å². The standard InChI is InChI=1S/C21H22FN5O/c1-14-6-17(11-23-10-14)21(28)26-19-8-16(7-18(22)9-19)15(2)24-4-5-25-20-12-27(3)13-20/h4-13,15,25H,1-3H3,(H,26,28). The Morgan fingerprint density at radius 2 is 2.07 bits per heavy atom. The van der Waals surface area contributed by atoms with Crippen LogP contribution in [0.25, 0.3) is 5.32 Å². The lowest BCUT2D eigenvalue weighted by atomic mass is 10.1. The fraction of sp³-hybridized carbons (Fsp3) is 0.190. The van der Waals surface area contributed by atoms with Crippen molar-refractivity contribution in [1.82, 2.24) is 10.3 Å². The van der Waals surface area contributed by atoms with Crippen LogP contribution < -0.4 is 10.6 Å². The third-order valence-electron chi connectivity index (χ3n) is 4.12. The lowest BCUT2D eigenvalue weighted by Crippen LogP contribution is -2.21. The number of carbonyl (C=O) groups excluding carboxylic acids is 1. The minimum atomic E-state index is -0.434. The van der Waals surface area contributed by atoms with Gasteiger partial charge in [0.2, 0.25) is 0 Å². The third kappa shape index (κ3) is 5.03. The zero-order valence-corrected chi connectivity index (χ0v) is 16.0. The van der Waals surface area contributed by atoms with Gasteiger partial charge in [0.25, 0.3) is 5.91 Å². The second kappa shape index (κ2) is 8.47. The zero-order chi connectivity index (χ0) is 20.1. The molecule has 6 nitrogen and oxygen atoms in total. The summed E-state index contributed by atoms with van der Waals surface area (Å²) in [5, 5.41) is 10.2. The lowest BCUT2D eigenvalue weighted by Gasteiger charge is -2.26. The van der Waals surface area contributed by atoms with Crippen LogP contribution in [-0.4, -0.2) is 28.7 Å². The summed E-state index contributed by atoms with van der Waals surface area (Å²) in [5.74, 6) is -0.770. The van der Waals surface area contributed by atoms with Crippen LogP contribution in [0.4, 0.5) is 10.1 Å². The smallest absolute Gasteiger partial charge is 0.257 e. The number of anilines is 1. The van der Waals surface area contributed by atoms with E-state index in [2.05, 4.69) is 20.9 Å². The Bertz CT molecular complexity index is 981. The van der Waals surface area contributed by atoms with E-state index < -0.39 is 5.82 Å². The topological polar surface area (TPSA) is 71.1 Å². The molecule has 0 saturated carbocycles. The number of halogens is 1. The van der Waals surface area contributed by atoms with Crippen molar-refractivity contribution in [3.63, 3.8) is 0 Å². The normalized spacial score (nSPS) is 14.0. The minimum absolute atomic E-state index is 0.271. The van der Waals surface area contributed by atoms with E-state index in [1.54, 1.807) is 30.7 Å². The molecule has 1 aromatic carbocycles. The van der Waals surface area contributed by atoms with E-state index in [4.69, 9.17) is 0 Å². The Morgan fingerprint density at radius 1 is 1.29 bits per heavy atom. The van der Waals surface area contributed by atoms with Gasteiger partial charge in [-0.05, 0) is 43.0 Å². The van der Waals surface area contributed by atoms with E-state index in [0.717, 1.165) is 11.3 Å². The monoisotopic (exact) mass is 379 g/mol. The molecule has 1 unspecified atom stereocenters. The quantitative estimate of drug-likeness (QED) is 0.718. The molecule has 0 spiro atoms. The molecule has 0 radical (unpaired) electrons. The molecule has 0 fully saturated rings. The number of carbonyl (C=O) groups is 1. The van der Waals surface area contributed by atoms with Gasteiger partial charge in [0.15, 0.2) is 18.1 Å². The van der Waals surface area contributed by atoms with Gasteiger partial charge in [-0.2, -0.15) is 6.20 Å². The summed E-state index contributed by atoms with van der Waals surface area (Å²) in [6.07, 6.45) is 10.4. The maximum absolute atomic E-state index is 14.0. The predicted molar refractivity (Wildman–Crippen MR) is 108 cm³/mol. The Labute approximate surface area is 163 Å². The number of benzene rings is 1. The van der Waals surface area contributed by atoms with E-state index in [0.29, 0.717) is 16.8 Å². The molecule has 7 heteroatoms. The van der Waals surface area contributed by atoms with Crippen LogP contribution in [0.2, 0.25) is 0 Å². The first-order chi connectivity index (χ1) is 13.4. The van der Waals surface area contributed by atoms with Crippen LogP contribution >= 0.6 is 0 Å². The molecule has 0 saturated heterocycles. The second-order valence-corrected chi connectivity index (χ2v) is 6.64. The summed E-state index contributed by atoms with van der Waals surface area (Å²) in [6, 6.07) is 5.87. The SMILES string of the molecule is Cc1cncc(C(=O)Nc2cc(F)cc(C(C)[N-]C=CNC3=C[N+](C)=C3)c2)c1. The average Bonchev–Trinajstić information content (AvgIpc) is 2.62. The maximum atomic E-state index is 14.0. The first-order valence-electron chi connectivity index (χ1n) is 8.84. The van der Waals surface area contributed by atoms with Crippen molar-refractivity contribution in [2.75, 3.05) is 12.4 Å². The van der Waals surface area contributed by atoms with Gasteiger partial charge < -0.3 is 16.0 Å². The summed E-state index contributed by atoms with van der Waals surface area (Å²) >= 11 is 0. The molecule has 2 N–H and O–H groups in total. The van der Waals surface area contributed by atoms with E-state index >= 15 is 0 Å². The van der Waals surface area contributed by atoms with Crippen molar-refractivity contribution in [1.29, 1.82) is 0 Å². The molecule has 28 heavy (non-hydrogen) atoms. The van der Waals surface area contributed by atoms with Crippen molar-refractivity contribution in [2.45, 2.75) is 19.9 Å². The minimum Gasteiger partial charge on any atom is -0.683 e. The van der Waals surface area contributed by atoms with Gasteiger partial charge in [-0.3, -0.25) is 9.78 Å². The number of nitrogens with zero attached hydrogens (tertiary/aromatic N) is 3. The van der Waals surface area contributed by atoms with Gasteiger partial charge >= 0.3 is 0 Å². The third-order valence-corrected chi connectivity index (χ3v) is 4.12. The lowest BCUT2D eigenvalue weighted by molar-refractivity contribution is -0.429. The van der Waals surface area contributed by atoms with Gasteiger partial charge in [0, 0.05) is 18.1 Å². The fourth-order valence-electron chi connectivity index (χ4n) is 2.70. The summed E-state index contributed by atoms with van der Waals surface area (Å²) in [7, 11) is 1.94. The molecule has 144 valence electrons. The molecule has 1 amide bonds. The van der Waals surface area contributed by atoms with Gasteiger partial charge in [-0.25, -0.2) is 8.97 Å². The zero-order valence-electron chi connectivity index (χ0n) is 16.0. The molecule has 0 bridgehead atoms. The number of hydrogen-bond donors (Lipinski definition) is 2. The number of aromatic nitrogens is 1. The van der Waals surface area contributed by atoms with E-state index in [-0.39, 0.29) is 11.9 Å². The summed E-state index contributed by atoms with van der Waals surface area (Å²) in [6.45, 7) is 3.71. The highest BCUT2D eigenvalue weighted by Gasteiger charge is 2.10.